The molecule has 7 heteroatoms. The first-order valence-electron chi connectivity index (χ1n) is 9.31. The van der Waals surface area contributed by atoms with E-state index < -0.39 is 0 Å². The minimum absolute atomic E-state index is 0.0873. The Morgan fingerprint density at radius 3 is 2.52 bits per heavy atom. The smallest absolute Gasteiger partial charge is 0.221 e. The van der Waals surface area contributed by atoms with E-state index in [1.54, 1.807) is 0 Å². The second kappa shape index (κ2) is 7.63. The summed E-state index contributed by atoms with van der Waals surface area (Å²) >= 11 is 0. The molecule has 0 bridgehead atoms. The van der Waals surface area contributed by atoms with E-state index in [9.17, 15) is 4.79 Å². The quantitative estimate of drug-likeness (QED) is 0.468. The topological polar surface area (TPSA) is 87.6 Å². The van der Waals surface area contributed by atoms with Crippen LogP contribution in [0, 0.1) is 13.8 Å². The summed E-state index contributed by atoms with van der Waals surface area (Å²) in [5.41, 5.74) is 6.81. The lowest BCUT2D eigenvalue weighted by molar-refractivity contribution is -0.114. The lowest BCUT2D eigenvalue weighted by atomic mass is 10.1. The van der Waals surface area contributed by atoms with E-state index in [2.05, 4.69) is 25.9 Å². The molecule has 0 fully saturated rings. The lowest BCUT2D eigenvalue weighted by Crippen LogP contribution is -2.06. The Hall–Kier alpha value is -3.87. The van der Waals surface area contributed by atoms with Crippen LogP contribution in [-0.4, -0.2) is 25.9 Å². The van der Waals surface area contributed by atoms with Crippen molar-refractivity contribution in [2.75, 3.05) is 10.6 Å². The molecule has 2 heterocycles. The molecular weight excluding hydrogens is 364 g/mol. The van der Waals surface area contributed by atoms with Crippen molar-refractivity contribution in [2.45, 2.75) is 20.8 Å². The van der Waals surface area contributed by atoms with Crippen LogP contribution in [0.2, 0.25) is 0 Å². The van der Waals surface area contributed by atoms with Gasteiger partial charge in [0.1, 0.15) is 0 Å². The van der Waals surface area contributed by atoms with Gasteiger partial charge in [0.05, 0.1) is 17.6 Å². The van der Waals surface area contributed by atoms with E-state index in [1.807, 2.05) is 79.5 Å². The fourth-order valence-corrected chi connectivity index (χ4v) is 3.10. The first kappa shape index (κ1) is 18.5. The van der Waals surface area contributed by atoms with E-state index >= 15 is 0 Å². The summed E-state index contributed by atoms with van der Waals surface area (Å²) in [5.74, 6) is 0.637. The number of carbonyl (C=O) groups excluding carboxylic acids is 1. The number of nitrogens with zero attached hydrogens (tertiary/aromatic N) is 3. The van der Waals surface area contributed by atoms with Gasteiger partial charge in [-0.1, -0.05) is 12.1 Å². The number of benzene rings is 2. The van der Waals surface area contributed by atoms with E-state index in [4.69, 9.17) is 0 Å². The number of H-pyrrole nitrogens is 1. The molecule has 0 saturated carbocycles. The van der Waals surface area contributed by atoms with Gasteiger partial charge in [-0.25, -0.2) is 4.68 Å². The minimum Gasteiger partial charge on any atom is -0.339 e. The molecule has 7 nitrogen and oxygen atoms in total. The predicted molar refractivity (Wildman–Crippen MR) is 115 cm³/mol. The highest BCUT2D eigenvalue weighted by Gasteiger charge is 2.07. The molecule has 0 aliphatic carbocycles. The van der Waals surface area contributed by atoms with Crippen LogP contribution in [0.25, 0.3) is 16.9 Å². The van der Waals surface area contributed by atoms with Crippen molar-refractivity contribution in [1.82, 2.24) is 20.0 Å². The first-order chi connectivity index (χ1) is 14.0. The Balaban J connectivity index is 1.49. The monoisotopic (exact) mass is 386 g/mol. The zero-order valence-corrected chi connectivity index (χ0v) is 16.5. The maximum absolute atomic E-state index is 11.2. The maximum atomic E-state index is 11.2. The molecule has 0 aliphatic heterocycles. The van der Waals surface area contributed by atoms with Gasteiger partial charge in [-0.15, -0.1) is 0 Å². The zero-order valence-electron chi connectivity index (χ0n) is 16.5. The summed E-state index contributed by atoms with van der Waals surface area (Å²) in [4.78, 5) is 11.2. The number of hydrogen-bond donors (Lipinski definition) is 3. The summed E-state index contributed by atoms with van der Waals surface area (Å²) in [6.07, 6.45) is 3.83. The molecular formula is C22H22N6O. The van der Waals surface area contributed by atoms with Gasteiger partial charge in [-0.05, 0) is 60.9 Å². The number of anilines is 3. The third-order valence-electron chi connectivity index (χ3n) is 4.54. The van der Waals surface area contributed by atoms with Crippen LogP contribution in [0.15, 0.2) is 60.9 Å². The minimum atomic E-state index is -0.0873. The highest BCUT2D eigenvalue weighted by Crippen LogP contribution is 2.26. The van der Waals surface area contributed by atoms with Crippen molar-refractivity contribution in [3.05, 3.63) is 72.1 Å². The summed E-state index contributed by atoms with van der Waals surface area (Å²) in [6.45, 7) is 5.50. The average Bonchev–Trinajstić information content (AvgIpc) is 3.33. The summed E-state index contributed by atoms with van der Waals surface area (Å²) < 4.78 is 1.85. The lowest BCUT2D eigenvalue weighted by Gasteiger charge is -2.09. The molecule has 4 aromatic rings. The Morgan fingerprint density at radius 1 is 1.07 bits per heavy atom. The van der Waals surface area contributed by atoms with Crippen molar-refractivity contribution in [2.24, 2.45) is 0 Å². The Kier molecular flexibility index (Phi) is 4.87. The number of rotatable bonds is 5. The van der Waals surface area contributed by atoms with E-state index in [1.165, 1.54) is 6.92 Å². The van der Waals surface area contributed by atoms with E-state index in [0.717, 1.165) is 45.3 Å². The molecule has 1 amide bonds. The second-order valence-corrected chi connectivity index (χ2v) is 7.01. The van der Waals surface area contributed by atoms with Gasteiger partial charge in [0.15, 0.2) is 5.82 Å². The molecule has 146 valence electrons. The highest BCUT2D eigenvalue weighted by atomic mass is 16.1. The Bertz CT molecular complexity index is 1160. The van der Waals surface area contributed by atoms with Gasteiger partial charge in [-0.2, -0.15) is 10.2 Å². The number of aryl methyl sites for hydroxylation is 2. The van der Waals surface area contributed by atoms with Crippen molar-refractivity contribution in [3.8, 4) is 16.9 Å². The number of aromatic amines is 1. The fraction of sp³-hybridized carbons (Fsp3) is 0.136. The molecule has 0 spiro atoms. The molecule has 0 saturated heterocycles. The Morgan fingerprint density at radius 2 is 1.86 bits per heavy atom. The van der Waals surface area contributed by atoms with E-state index in [0.29, 0.717) is 0 Å². The molecule has 0 radical (unpaired) electrons. The third-order valence-corrected chi connectivity index (χ3v) is 4.54. The largest absolute Gasteiger partial charge is 0.339 e. The number of nitrogens with one attached hydrogen (secondary N) is 3. The van der Waals surface area contributed by atoms with E-state index in [-0.39, 0.29) is 5.91 Å². The van der Waals surface area contributed by atoms with Gasteiger partial charge >= 0.3 is 0 Å². The average molecular weight is 386 g/mol. The molecule has 3 N–H and O–H groups in total. The molecule has 0 unspecified atom stereocenters. The number of aromatic nitrogens is 4. The predicted octanol–water partition coefficient (Wildman–Crippen LogP) is 4.58. The zero-order chi connectivity index (χ0) is 20.4. The normalized spacial score (nSPS) is 10.7. The van der Waals surface area contributed by atoms with Gasteiger partial charge in [-0.3, -0.25) is 9.89 Å². The van der Waals surface area contributed by atoms with Crippen molar-refractivity contribution < 1.29 is 4.79 Å². The van der Waals surface area contributed by atoms with Gasteiger partial charge in [0, 0.05) is 30.6 Å². The van der Waals surface area contributed by atoms with Crippen LogP contribution < -0.4 is 10.6 Å². The molecule has 0 aliphatic rings. The van der Waals surface area contributed by atoms with Gasteiger partial charge in [0.25, 0.3) is 0 Å². The van der Waals surface area contributed by atoms with Crippen molar-refractivity contribution in [1.29, 1.82) is 0 Å². The van der Waals surface area contributed by atoms with Crippen molar-refractivity contribution >= 4 is 23.1 Å². The number of carbonyl (C=O) groups is 1. The molecule has 0 atom stereocenters. The maximum Gasteiger partial charge on any atom is 0.221 e. The first-order valence-corrected chi connectivity index (χ1v) is 9.31. The summed E-state index contributed by atoms with van der Waals surface area (Å²) in [7, 11) is 0. The van der Waals surface area contributed by atoms with Gasteiger partial charge in [0.2, 0.25) is 5.91 Å². The summed E-state index contributed by atoms with van der Waals surface area (Å²) in [5, 5.41) is 17.9. The van der Waals surface area contributed by atoms with Crippen molar-refractivity contribution in [3.63, 3.8) is 0 Å². The summed E-state index contributed by atoms with van der Waals surface area (Å²) in [6, 6.07) is 15.8. The second-order valence-electron chi connectivity index (χ2n) is 7.01. The molecule has 2 aromatic carbocycles. The molecule has 2 aromatic heterocycles. The number of amides is 1. The highest BCUT2D eigenvalue weighted by molar-refractivity contribution is 5.89. The fourth-order valence-electron chi connectivity index (χ4n) is 3.10. The van der Waals surface area contributed by atoms with Crippen LogP contribution in [0.4, 0.5) is 17.2 Å². The van der Waals surface area contributed by atoms with Crippen LogP contribution in [-0.2, 0) is 4.79 Å². The molecule has 29 heavy (non-hydrogen) atoms. The van der Waals surface area contributed by atoms with Gasteiger partial charge < -0.3 is 10.6 Å². The standard InChI is InChI=1S/C22H22N6O/c1-14-12-23-28(13-14)19-7-4-17(5-8-19)21-11-22(27-26-21)25-20-9-6-18(10-15(20)2)24-16(3)29/h4-13H,1-3H3,(H,24,29)(H2,25,26,27). The molecule has 4 rings (SSSR count). The van der Waals surface area contributed by atoms with Crippen LogP contribution in [0.5, 0.6) is 0 Å². The Labute approximate surface area is 168 Å². The van der Waals surface area contributed by atoms with Crippen LogP contribution in [0.3, 0.4) is 0 Å². The SMILES string of the molecule is CC(=O)Nc1ccc(Nc2cc(-c3ccc(-n4cc(C)cn4)cc3)[nH]n2)c(C)c1. The number of hydrogen-bond acceptors (Lipinski definition) is 4. The van der Waals surface area contributed by atoms with Crippen LogP contribution >= 0.6 is 0 Å². The third kappa shape index (κ3) is 4.19. The van der Waals surface area contributed by atoms with Crippen LogP contribution in [0.1, 0.15) is 18.1 Å².